The van der Waals surface area contributed by atoms with Crippen molar-refractivity contribution in [1.29, 1.82) is 0 Å². The van der Waals surface area contributed by atoms with Crippen LogP contribution >= 0.6 is 0 Å². The standard InChI is InChI=1S/C30H41NO6/c1-27-9-5-10-29-22(27)14-19(24(29)31(2)15-27)28-11-8-18(13-23(28)29)30(34,16-32)26(28)37-25(33)17-6-7-20(35-3)21(12-17)36-4/h6-7,12,18-19,22-24,26,32,34H,5,8-11,13-16H2,1-4H3/t18-,19-,22+,23+,24+,26-,27-,28-,29-,30-/m0/s1. The Balaban J connectivity index is 1.32. The minimum absolute atomic E-state index is 0.0551. The van der Waals surface area contributed by atoms with Crippen molar-refractivity contribution in [2.75, 3.05) is 34.4 Å². The zero-order chi connectivity index (χ0) is 26.0. The molecule has 37 heavy (non-hydrogen) atoms. The molecule has 2 spiro atoms. The summed E-state index contributed by atoms with van der Waals surface area (Å²) in [6.45, 7) is 3.27. The molecule has 8 rings (SSSR count). The Morgan fingerprint density at radius 2 is 1.86 bits per heavy atom. The molecular formula is C30H41NO6. The molecule has 1 aromatic carbocycles. The maximum Gasteiger partial charge on any atom is 0.338 e. The molecule has 0 unspecified atom stereocenters. The van der Waals surface area contributed by atoms with E-state index in [0.29, 0.717) is 46.3 Å². The number of likely N-dealkylation sites (tertiary alicyclic amines) is 1. The van der Waals surface area contributed by atoms with Gasteiger partial charge in [0.05, 0.1) is 26.4 Å². The van der Waals surface area contributed by atoms with Crippen molar-refractivity contribution in [2.45, 2.75) is 69.6 Å². The van der Waals surface area contributed by atoms with E-state index in [4.69, 9.17) is 14.2 Å². The molecule has 6 aliphatic carbocycles. The molecular weight excluding hydrogens is 470 g/mol. The fraction of sp³-hybridized carbons (Fsp3) is 0.767. The molecule has 1 saturated heterocycles. The minimum atomic E-state index is -1.41. The number of hydrogen-bond donors (Lipinski definition) is 2. The van der Waals surface area contributed by atoms with Gasteiger partial charge in [0, 0.05) is 18.0 Å². The fourth-order valence-electron chi connectivity index (χ4n) is 11.7. The van der Waals surface area contributed by atoms with Crippen LogP contribution in [0.2, 0.25) is 0 Å². The number of aliphatic hydroxyl groups excluding tert-OH is 1. The van der Waals surface area contributed by atoms with E-state index < -0.39 is 17.7 Å². The van der Waals surface area contributed by atoms with Gasteiger partial charge in [-0.15, -0.1) is 0 Å². The van der Waals surface area contributed by atoms with Gasteiger partial charge >= 0.3 is 5.97 Å². The number of methoxy groups -OCH3 is 2. The van der Waals surface area contributed by atoms with E-state index >= 15 is 0 Å². The van der Waals surface area contributed by atoms with E-state index in [0.717, 1.165) is 32.2 Å². The number of carbonyl (C=O) groups is 1. The average molecular weight is 512 g/mol. The van der Waals surface area contributed by atoms with Crippen molar-refractivity contribution in [3.8, 4) is 11.5 Å². The largest absolute Gasteiger partial charge is 0.493 e. The van der Waals surface area contributed by atoms with Gasteiger partial charge < -0.3 is 29.3 Å². The Hall–Kier alpha value is -1.83. The first-order chi connectivity index (χ1) is 17.7. The van der Waals surface area contributed by atoms with Crippen LogP contribution in [0.15, 0.2) is 18.2 Å². The van der Waals surface area contributed by atoms with Crippen LogP contribution in [0, 0.1) is 39.9 Å². The van der Waals surface area contributed by atoms with Gasteiger partial charge in [-0.2, -0.15) is 0 Å². The maximum atomic E-state index is 13.7. The molecule has 7 heteroatoms. The predicted octanol–water partition coefficient (Wildman–Crippen LogP) is 3.51. The topological polar surface area (TPSA) is 88.5 Å². The van der Waals surface area contributed by atoms with Gasteiger partial charge in [0.25, 0.3) is 0 Å². The Bertz CT molecular complexity index is 1140. The molecule has 7 nitrogen and oxygen atoms in total. The van der Waals surface area contributed by atoms with Crippen molar-refractivity contribution < 1.29 is 29.2 Å². The number of fused-ring (bicyclic) bond motifs is 2. The Morgan fingerprint density at radius 1 is 1.08 bits per heavy atom. The predicted molar refractivity (Wildman–Crippen MR) is 136 cm³/mol. The van der Waals surface area contributed by atoms with Gasteiger partial charge in [-0.05, 0) is 98.3 Å². The van der Waals surface area contributed by atoms with E-state index in [9.17, 15) is 15.0 Å². The van der Waals surface area contributed by atoms with Crippen LogP contribution in [0.3, 0.4) is 0 Å². The van der Waals surface area contributed by atoms with Crippen LogP contribution in [0.4, 0.5) is 0 Å². The summed E-state index contributed by atoms with van der Waals surface area (Å²) in [4.78, 5) is 16.3. The van der Waals surface area contributed by atoms with Crippen LogP contribution in [-0.2, 0) is 4.74 Å². The number of benzene rings is 1. The highest BCUT2D eigenvalue weighted by Gasteiger charge is 2.85. The quantitative estimate of drug-likeness (QED) is 0.585. The van der Waals surface area contributed by atoms with Gasteiger partial charge in [-0.1, -0.05) is 13.3 Å². The molecule has 10 atom stereocenters. The highest BCUT2D eigenvalue weighted by molar-refractivity contribution is 5.90. The SMILES string of the molecule is COc1ccc(C(=O)O[C@@H]2[C@](O)(CO)[C@H]3CC[C@]24[C@@H](C3)[C@@]23CCC[C@@]5(C)CN(C)[C@@H]2[C@@H]4C[C@H]53)cc1OC. The molecule has 0 aromatic heterocycles. The lowest BCUT2D eigenvalue weighted by molar-refractivity contribution is -0.286. The third-order valence-electron chi connectivity index (χ3n) is 12.5. The van der Waals surface area contributed by atoms with Crippen molar-refractivity contribution in [3.05, 3.63) is 23.8 Å². The number of piperidine rings is 1. The number of rotatable bonds is 5. The number of nitrogens with zero attached hydrogens (tertiary/aromatic N) is 1. The van der Waals surface area contributed by atoms with Crippen LogP contribution in [0.5, 0.6) is 11.5 Å². The lowest BCUT2D eigenvalue weighted by Crippen LogP contribution is -2.73. The zero-order valence-corrected chi connectivity index (χ0v) is 22.5. The number of hydrogen-bond acceptors (Lipinski definition) is 7. The maximum absolute atomic E-state index is 13.7. The summed E-state index contributed by atoms with van der Waals surface area (Å²) < 4.78 is 17.2. The first-order valence-electron chi connectivity index (χ1n) is 14.2. The fourth-order valence-corrected chi connectivity index (χ4v) is 11.7. The smallest absolute Gasteiger partial charge is 0.338 e. The van der Waals surface area contributed by atoms with Crippen LogP contribution in [-0.4, -0.2) is 73.2 Å². The van der Waals surface area contributed by atoms with Gasteiger partial charge in [0.2, 0.25) is 0 Å². The van der Waals surface area contributed by atoms with Crippen molar-refractivity contribution >= 4 is 5.97 Å². The average Bonchev–Trinajstić information content (AvgIpc) is 3.33. The van der Waals surface area contributed by atoms with E-state index in [-0.39, 0.29) is 23.4 Å². The lowest BCUT2D eigenvalue weighted by atomic mass is 9.38. The van der Waals surface area contributed by atoms with E-state index in [1.165, 1.54) is 19.3 Å². The molecule has 2 N–H and O–H groups in total. The first kappa shape index (κ1) is 24.2. The molecule has 1 heterocycles. The summed E-state index contributed by atoms with van der Waals surface area (Å²) in [5.41, 5.74) is -0.762. The lowest BCUT2D eigenvalue weighted by Gasteiger charge is -2.69. The number of ether oxygens (including phenoxy) is 3. The van der Waals surface area contributed by atoms with E-state index in [2.05, 4.69) is 18.9 Å². The molecule has 7 aliphatic rings. The Labute approximate surface area is 219 Å². The Kier molecular flexibility index (Phi) is 5.00. The summed E-state index contributed by atoms with van der Waals surface area (Å²) >= 11 is 0. The monoisotopic (exact) mass is 511 g/mol. The third-order valence-corrected chi connectivity index (χ3v) is 12.5. The molecule has 6 saturated carbocycles. The number of carbonyl (C=O) groups excluding carboxylic acids is 1. The molecule has 1 aliphatic heterocycles. The third kappa shape index (κ3) is 2.67. The molecule has 7 fully saturated rings. The van der Waals surface area contributed by atoms with Gasteiger partial charge in [-0.25, -0.2) is 4.79 Å². The van der Waals surface area contributed by atoms with Gasteiger partial charge in [0.1, 0.15) is 11.7 Å². The second-order valence-corrected chi connectivity index (χ2v) is 13.5. The van der Waals surface area contributed by atoms with E-state index in [1.54, 1.807) is 32.4 Å². The van der Waals surface area contributed by atoms with Gasteiger partial charge in [-0.3, -0.25) is 0 Å². The van der Waals surface area contributed by atoms with Crippen LogP contribution in [0.1, 0.15) is 62.2 Å². The second kappa shape index (κ2) is 7.64. The second-order valence-electron chi connectivity index (χ2n) is 13.5. The molecule has 202 valence electrons. The van der Waals surface area contributed by atoms with Crippen molar-refractivity contribution in [3.63, 3.8) is 0 Å². The summed E-state index contributed by atoms with van der Waals surface area (Å²) in [6, 6.07) is 5.50. The van der Waals surface area contributed by atoms with E-state index in [1.807, 2.05) is 0 Å². The summed E-state index contributed by atoms with van der Waals surface area (Å²) in [6.07, 6.45) is 7.04. The number of esters is 1. The molecule has 7 bridgehead atoms. The first-order valence-corrected chi connectivity index (χ1v) is 14.2. The molecule has 0 amide bonds. The highest BCUT2D eigenvalue weighted by atomic mass is 16.6. The normalized spacial score (nSPS) is 49.0. The molecule has 1 aromatic rings. The molecule has 0 radical (unpaired) electrons. The van der Waals surface area contributed by atoms with Crippen molar-refractivity contribution in [1.82, 2.24) is 4.90 Å². The van der Waals surface area contributed by atoms with Crippen LogP contribution in [0.25, 0.3) is 0 Å². The van der Waals surface area contributed by atoms with Crippen LogP contribution < -0.4 is 9.47 Å². The van der Waals surface area contributed by atoms with Crippen molar-refractivity contribution in [2.24, 2.45) is 39.9 Å². The number of aliphatic hydroxyl groups is 2. The summed E-state index contributed by atoms with van der Waals surface area (Å²) in [5.74, 6) is 1.98. The van der Waals surface area contributed by atoms with Gasteiger partial charge in [0.15, 0.2) is 11.5 Å². The Morgan fingerprint density at radius 3 is 2.59 bits per heavy atom. The zero-order valence-electron chi connectivity index (χ0n) is 22.5. The summed E-state index contributed by atoms with van der Waals surface area (Å²) in [5, 5.41) is 22.7. The highest BCUT2D eigenvalue weighted by Crippen LogP contribution is 2.84. The summed E-state index contributed by atoms with van der Waals surface area (Å²) in [7, 11) is 5.41. The minimum Gasteiger partial charge on any atom is -0.493 e.